The Hall–Kier alpha value is -3.33. The molecular weight excluding hydrogens is 424 g/mol. The van der Waals surface area contributed by atoms with E-state index in [0.29, 0.717) is 35.0 Å². The van der Waals surface area contributed by atoms with Crippen LogP contribution in [0.2, 0.25) is 0 Å². The van der Waals surface area contributed by atoms with E-state index in [2.05, 4.69) is 25.7 Å². The van der Waals surface area contributed by atoms with Gasteiger partial charge >= 0.3 is 0 Å². The van der Waals surface area contributed by atoms with Gasteiger partial charge in [0.1, 0.15) is 5.75 Å². The molecule has 8 nitrogen and oxygen atoms in total. The highest BCUT2D eigenvalue weighted by Gasteiger charge is 2.20. The van der Waals surface area contributed by atoms with Crippen LogP contribution in [0.1, 0.15) is 25.1 Å². The van der Waals surface area contributed by atoms with E-state index in [4.69, 9.17) is 4.74 Å². The quantitative estimate of drug-likeness (QED) is 0.505. The Morgan fingerprint density at radius 3 is 2.94 bits per heavy atom. The molecular formula is C23H26N6O2S. The van der Waals surface area contributed by atoms with Crippen LogP contribution in [0.5, 0.6) is 11.6 Å². The number of amides is 1. The summed E-state index contributed by atoms with van der Waals surface area (Å²) >= 11 is 1.83. The number of benzene rings is 1. The maximum absolute atomic E-state index is 12.1. The third-order valence-electron chi connectivity index (χ3n) is 4.69. The number of ether oxygens (including phenoxy) is 1. The van der Waals surface area contributed by atoms with E-state index >= 15 is 0 Å². The molecule has 0 spiro atoms. The number of carbonyl (C=O) groups excluding carboxylic acids is 1. The van der Waals surface area contributed by atoms with Gasteiger partial charge in [0.2, 0.25) is 17.7 Å². The van der Waals surface area contributed by atoms with Crippen molar-refractivity contribution < 1.29 is 9.53 Å². The molecule has 3 heterocycles. The van der Waals surface area contributed by atoms with E-state index in [1.165, 1.54) is 0 Å². The lowest BCUT2D eigenvalue weighted by Crippen LogP contribution is -2.11. The summed E-state index contributed by atoms with van der Waals surface area (Å²) in [6.45, 7) is 4.05. The van der Waals surface area contributed by atoms with Gasteiger partial charge in [0, 0.05) is 42.4 Å². The standard InChI is InChI=1S/C23H26N6O2S/c1-15(2)7-8-21(30)24-16-5-4-6-17(13-16)31-22-18-14-32-12-10-19(18)25-23(27-22)26-20-9-11-29(3)28-20/h4-9,11,13,15H,10,12,14H2,1-3H3,(H,24,30)(H,25,26,27,28)/b8-7+. The monoisotopic (exact) mass is 450 g/mol. The molecule has 2 N–H and O–H groups in total. The normalized spacial score (nSPS) is 13.2. The Bertz CT molecular complexity index is 1140. The fraction of sp³-hybridized carbons (Fsp3) is 0.304. The third-order valence-corrected chi connectivity index (χ3v) is 5.67. The zero-order chi connectivity index (χ0) is 22.5. The minimum atomic E-state index is -0.173. The summed E-state index contributed by atoms with van der Waals surface area (Å²) < 4.78 is 7.89. The first-order chi connectivity index (χ1) is 15.5. The van der Waals surface area contributed by atoms with Crippen LogP contribution in [0.3, 0.4) is 0 Å². The van der Waals surface area contributed by atoms with Gasteiger partial charge < -0.3 is 15.4 Å². The van der Waals surface area contributed by atoms with Crippen LogP contribution in [-0.2, 0) is 24.0 Å². The fourth-order valence-electron chi connectivity index (χ4n) is 3.15. The molecule has 32 heavy (non-hydrogen) atoms. The lowest BCUT2D eigenvalue weighted by atomic mass is 10.2. The SMILES string of the molecule is CC(C)/C=C/C(=O)Nc1cccc(Oc2nc(Nc3ccn(C)n3)nc3c2CSCC3)c1. The van der Waals surface area contributed by atoms with Gasteiger partial charge in [0.25, 0.3) is 0 Å². The maximum Gasteiger partial charge on any atom is 0.248 e. The van der Waals surface area contributed by atoms with Crippen LogP contribution in [0.25, 0.3) is 0 Å². The Kier molecular flexibility index (Phi) is 6.75. The highest BCUT2D eigenvalue weighted by molar-refractivity contribution is 7.98. The number of fused-ring (bicyclic) bond motifs is 1. The van der Waals surface area contributed by atoms with Crippen molar-refractivity contribution in [2.24, 2.45) is 13.0 Å². The number of aryl methyl sites for hydroxylation is 2. The van der Waals surface area contributed by atoms with Crippen molar-refractivity contribution in [3.63, 3.8) is 0 Å². The van der Waals surface area contributed by atoms with Crippen LogP contribution in [0.15, 0.2) is 48.7 Å². The molecule has 0 radical (unpaired) electrons. The molecule has 0 saturated heterocycles. The maximum atomic E-state index is 12.1. The first kappa shape index (κ1) is 21.9. The van der Waals surface area contributed by atoms with Gasteiger partial charge in [-0.3, -0.25) is 9.48 Å². The second kappa shape index (κ2) is 9.86. The van der Waals surface area contributed by atoms with E-state index < -0.39 is 0 Å². The Morgan fingerprint density at radius 2 is 2.16 bits per heavy atom. The van der Waals surface area contributed by atoms with Crippen LogP contribution >= 0.6 is 11.8 Å². The van der Waals surface area contributed by atoms with Crippen LogP contribution in [-0.4, -0.2) is 31.4 Å². The summed E-state index contributed by atoms with van der Waals surface area (Å²) in [5.74, 6) is 4.18. The molecule has 0 saturated carbocycles. The number of aromatic nitrogens is 4. The zero-order valence-electron chi connectivity index (χ0n) is 18.3. The molecule has 0 unspecified atom stereocenters. The molecule has 0 fully saturated rings. The number of thioether (sulfide) groups is 1. The third kappa shape index (κ3) is 5.67. The van der Waals surface area contributed by atoms with Gasteiger partial charge in [-0.15, -0.1) is 0 Å². The first-order valence-corrected chi connectivity index (χ1v) is 11.6. The molecule has 1 aliphatic heterocycles. The summed E-state index contributed by atoms with van der Waals surface area (Å²) in [6.07, 6.45) is 6.11. The number of rotatable bonds is 7. The van der Waals surface area contributed by atoms with Crippen molar-refractivity contribution in [3.8, 4) is 11.6 Å². The van der Waals surface area contributed by atoms with Gasteiger partial charge in [0.15, 0.2) is 5.82 Å². The molecule has 4 rings (SSSR count). The van der Waals surface area contributed by atoms with E-state index in [0.717, 1.165) is 29.2 Å². The Morgan fingerprint density at radius 1 is 1.28 bits per heavy atom. The minimum Gasteiger partial charge on any atom is -0.438 e. The lowest BCUT2D eigenvalue weighted by Gasteiger charge is -2.19. The fourth-order valence-corrected chi connectivity index (χ4v) is 4.13. The number of hydrogen-bond acceptors (Lipinski definition) is 7. The lowest BCUT2D eigenvalue weighted by molar-refractivity contribution is -0.111. The van der Waals surface area contributed by atoms with Crippen molar-refractivity contribution in [2.45, 2.75) is 26.0 Å². The number of hydrogen-bond donors (Lipinski definition) is 2. The molecule has 1 amide bonds. The number of anilines is 3. The molecule has 2 aromatic heterocycles. The van der Waals surface area contributed by atoms with E-state index in [1.54, 1.807) is 16.8 Å². The largest absolute Gasteiger partial charge is 0.438 e. The molecule has 166 valence electrons. The summed E-state index contributed by atoms with van der Waals surface area (Å²) in [7, 11) is 1.86. The van der Waals surface area contributed by atoms with Gasteiger partial charge in [-0.2, -0.15) is 21.8 Å². The van der Waals surface area contributed by atoms with Gasteiger partial charge in [0.05, 0.1) is 5.69 Å². The van der Waals surface area contributed by atoms with E-state index in [9.17, 15) is 4.79 Å². The number of nitrogens with zero attached hydrogens (tertiary/aromatic N) is 4. The van der Waals surface area contributed by atoms with Crippen molar-refractivity contribution in [3.05, 3.63) is 59.9 Å². The smallest absolute Gasteiger partial charge is 0.248 e. The molecule has 1 aromatic carbocycles. The molecule has 0 aliphatic carbocycles. The van der Waals surface area contributed by atoms with Crippen molar-refractivity contribution >= 4 is 35.1 Å². The predicted octanol–water partition coefficient (Wildman–Crippen LogP) is 4.69. The molecule has 0 atom stereocenters. The summed E-state index contributed by atoms with van der Waals surface area (Å²) in [6, 6.07) is 9.16. The Labute approximate surface area is 191 Å². The van der Waals surface area contributed by atoms with Gasteiger partial charge in [-0.25, -0.2) is 4.98 Å². The predicted molar refractivity (Wildman–Crippen MR) is 128 cm³/mol. The van der Waals surface area contributed by atoms with Gasteiger partial charge in [-0.1, -0.05) is 26.0 Å². The van der Waals surface area contributed by atoms with Crippen molar-refractivity contribution in [2.75, 3.05) is 16.4 Å². The minimum absolute atomic E-state index is 0.173. The van der Waals surface area contributed by atoms with Crippen LogP contribution in [0.4, 0.5) is 17.5 Å². The second-order valence-electron chi connectivity index (χ2n) is 7.80. The highest BCUT2D eigenvalue weighted by atomic mass is 32.2. The van der Waals surface area contributed by atoms with Crippen molar-refractivity contribution in [1.82, 2.24) is 19.7 Å². The topological polar surface area (TPSA) is 94.0 Å². The molecule has 0 bridgehead atoms. The van der Waals surface area contributed by atoms with Crippen LogP contribution < -0.4 is 15.4 Å². The second-order valence-corrected chi connectivity index (χ2v) is 8.91. The Balaban J connectivity index is 1.56. The van der Waals surface area contributed by atoms with Crippen LogP contribution in [0, 0.1) is 5.92 Å². The average Bonchev–Trinajstić information content (AvgIpc) is 3.17. The van der Waals surface area contributed by atoms with E-state index in [1.807, 2.05) is 69.2 Å². The summed E-state index contributed by atoms with van der Waals surface area (Å²) in [4.78, 5) is 21.4. The molecule has 3 aromatic rings. The first-order valence-electron chi connectivity index (χ1n) is 10.5. The number of carbonyl (C=O) groups is 1. The zero-order valence-corrected chi connectivity index (χ0v) is 19.1. The van der Waals surface area contributed by atoms with Gasteiger partial charge in [-0.05, 0) is 36.3 Å². The number of allylic oxidation sites excluding steroid dienone is 1. The summed E-state index contributed by atoms with van der Waals surface area (Å²) in [5, 5.41) is 10.4. The number of nitrogens with one attached hydrogen (secondary N) is 2. The molecule has 9 heteroatoms. The summed E-state index contributed by atoms with van der Waals surface area (Å²) in [5.41, 5.74) is 2.64. The molecule has 1 aliphatic rings. The highest BCUT2D eigenvalue weighted by Crippen LogP contribution is 2.34. The average molecular weight is 451 g/mol. The van der Waals surface area contributed by atoms with E-state index in [-0.39, 0.29) is 5.91 Å². The van der Waals surface area contributed by atoms with Crippen molar-refractivity contribution in [1.29, 1.82) is 0 Å².